The number of carbonyl (C=O) groups excluding carboxylic acids is 3. The van der Waals surface area contributed by atoms with Crippen molar-refractivity contribution in [1.29, 1.82) is 0 Å². The van der Waals surface area contributed by atoms with E-state index in [0.717, 1.165) is 25.7 Å². The largest absolute Gasteiger partial charge is 0.386 e. The smallest absolute Gasteiger partial charge is 0.222 e. The van der Waals surface area contributed by atoms with E-state index in [4.69, 9.17) is 5.11 Å². The van der Waals surface area contributed by atoms with Gasteiger partial charge in [0.25, 0.3) is 0 Å². The number of rotatable bonds is 20. The quantitative estimate of drug-likeness (QED) is 0.209. The Morgan fingerprint density at radius 2 is 1.09 bits per heavy atom. The second kappa shape index (κ2) is 24.4. The fourth-order valence-corrected chi connectivity index (χ4v) is 3.35. The zero-order valence-corrected chi connectivity index (χ0v) is 21.9. The molecule has 0 aromatic rings. The van der Waals surface area contributed by atoms with E-state index in [0.29, 0.717) is 19.3 Å². The van der Waals surface area contributed by atoms with Crippen molar-refractivity contribution in [3.63, 3.8) is 0 Å². The first-order valence-electron chi connectivity index (χ1n) is 13.3. The molecule has 0 aliphatic carbocycles. The maximum Gasteiger partial charge on any atom is 0.222 e. The van der Waals surface area contributed by atoms with Crippen LogP contribution in [0.15, 0.2) is 0 Å². The molecule has 0 aromatic carbocycles. The fourth-order valence-electron chi connectivity index (χ4n) is 3.35. The van der Waals surface area contributed by atoms with E-state index >= 15 is 0 Å². The molecule has 0 saturated carbocycles. The number of hydrogen-bond acceptors (Lipinski definition) is 4. The molecule has 0 aliphatic rings. The molecule has 0 fully saturated rings. The molecular weight excluding hydrogens is 402 g/mol. The number of carbonyl (C=O) groups is 3. The SMILES string of the molecule is CCCCCCCC(=O)C(C)O.CCCCCCCCCCCC(=O)N(C)CC(=O)CC. The van der Waals surface area contributed by atoms with Gasteiger partial charge in [-0.3, -0.25) is 14.4 Å². The van der Waals surface area contributed by atoms with Crippen LogP contribution in [0.5, 0.6) is 0 Å². The average molecular weight is 456 g/mol. The van der Waals surface area contributed by atoms with Gasteiger partial charge in [0.15, 0.2) is 11.6 Å². The number of unbranched alkanes of at least 4 members (excludes halogenated alkanes) is 12. The zero-order chi connectivity index (χ0) is 24.6. The Hall–Kier alpha value is -1.23. The summed E-state index contributed by atoms with van der Waals surface area (Å²) in [5.74, 6) is 0.217. The van der Waals surface area contributed by atoms with Gasteiger partial charge in [-0.1, -0.05) is 97.8 Å². The number of ketones is 2. The van der Waals surface area contributed by atoms with Crippen LogP contribution < -0.4 is 0 Å². The van der Waals surface area contributed by atoms with Gasteiger partial charge in [-0.2, -0.15) is 0 Å². The minimum atomic E-state index is -0.767. The molecule has 1 unspecified atom stereocenters. The summed E-state index contributed by atoms with van der Waals surface area (Å²) in [5.41, 5.74) is 0. The molecule has 0 radical (unpaired) electrons. The van der Waals surface area contributed by atoms with Crippen LogP contribution in [0, 0.1) is 0 Å². The van der Waals surface area contributed by atoms with Gasteiger partial charge in [-0.05, 0) is 19.8 Å². The minimum absolute atomic E-state index is 0.0218. The lowest BCUT2D eigenvalue weighted by Gasteiger charge is -2.15. The van der Waals surface area contributed by atoms with Gasteiger partial charge >= 0.3 is 0 Å². The molecule has 0 aromatic heterocycles. The van der Waals surface area contributed by atoms with Crippen molar-refractivity contribution < 1.29 is 19.5 Å². The maximum absolute atomic E-state index is 11.8. The van der Waals surface area contributed by atoms with Crippen LogP contribution in [0.25, 0.3) is 0 Å². The van der Waals surface area contributed by atoms with Crippen molar-refractivity contribution >= 4 is 17.5 Å². The predicted molar refractivity (Wildman–Crippen MR) is 135 cm³/mol. The summed E-state index contributed by atoms with van der Waals surface area (Å²) in [7, 11) is 1.73. The number of nitrogens with zero attached hydrogens (tertiary/aromatic N) is 1. The van der Waals surface area contributed by atoms with Crippen LogP contribution >= 0.6 is 0 Å². The number of aliphatic hydroxyl groups excluding tert-OH is 1. The van der Waals surface area contributed by atoms with Gasteiger partial charge in [0.1, 0.15) is 6.10 Å². The number of aliphatic hydroxyl groups is 1. The molecule has 190 valence electrons. The number of amides is 1. The van der Waals surface area contributed by atoms with Crippen LogP contribution in [-0.2, 0) is 14.4 Å². The van der Waals surface area contributed by atoms with E-state index < -0.39 is 6.10 Å². The van der Waals surface area contributed by atoms with Gasteiger partial charge in [-0.15, -0.1) is 0 Å². The minimum Gasteiger partial charge on any atom is -0.386 e. The molecule has 32 heavy (non-hydrogen) atoms. The van der Waals surface area contributed by atoms with Crippen LogP contribution in [-0.4, -0.2) is 47.2 Å². The first-order valence-corrected chi connectivity index (χ1v) is 13.3. The van der Waals surface area contributed by atoms with Gasteiger partial charge in [-0.25, -0.2) is 0 Å². The fraction of sp³-hybridized carbons (Fsp3) is 0.889. The van der Waals surface area contributed by atoms with E-state index in [9.17, 15) is 14.4 Å². The Bertz CT molecular complexity index is 463. The molecule has 0 saturated heterocycles. The molecule has 0 rings (SSSR count). The number of likely N-dealkylation sites (N-methyl/N-ethyl adjacent to an activating group) is 1. The summed E-state index contributed by atoms with van der Waals surface area (Å²) >= 11 is 0. The zero-order valence-electron chi connectivity index (χ0n) is 21.9. The number of Topliss-reactive ketones (excluding diaryl/α,β-unsaturated/α-hetero) is 2. The molecule has 1 amide bonds. The summed E-state index contributed by atoms with van der Waals surface area (Å²) in [6.07, 6.45) is 17.9. The molecular formula is C27H53NO4. The van der Waals surface area contributed by atoms with Gasteiger partial charge in [0, 0.05) is 26.3 Å². The molecule has 5 heteroatoms. The third kappa shape index (κ3) is 23.4. The van der Waals surface area contributed by atoms with Crippen molar-refractivity contribution in [1.82, 2.24) is 4.90 Å². The average Bonchev–Trinajstić information content (AvgIpc) is 2.77. The second-order valence-electron chi connectivity index (χ2n) is 9.03. The lowest BCUT2D eigenvalue weighted by Crippen LogP contribution is -2.31. The first-order chi connectivity index (χ1) is 15.3. The van der Waals surface area contributed by atoms with Crippen molar-refractivity contribution in [2.45, 2.75) is 143 Å². The highest BCUT2D eigenvalue weighted by Crippen LogP contribution is 2.11. The Balaban J connectivity index is 0. The van der Waals surface area contributed by atoms with E-state index in [2.05, 4.69) is 13.8 Å². The molecule has 0 heterocycles. The third-order valence-corrected chi connectivity index (χ3v) is 5.72. The van der Waals surface area contributed by atoms with Crippen LogP contribution in [0.3, 0.4) is 0 Å². The molecule has 1 N–H and O–H groups in total. The van der Waals surface area contributed by atoms with Crippen molar-refractivity contribution in [2.75, 3.05) is 13.6 Å². The summed E-state index contributed by atoms with van der Waals surface area (Å²) in [5, 5.41) is 8.87. The lowest BCUT2D eigenvalue weighted by molar-refractivity contribution is -0.134. The standard InChI is InChI=1S/C17H33NO2.C10H20O2/c1-4-6-7-8-9-10-11-12-13-14-17(20)18(3)15-16(19)5-2;1-3-4-5-6-7-8-10(12)9(2)11/h4-15H2,1-3H3;9,11H,3-8H2,1-2H3. The number of hydrogen-bond donors (Lipinski definition) is 1. The third-order valence-electron chi connectivity index (χ3n) is 5.72. The summed E-state index contributed by atoms with van der Waals surface area (Å²) in [6, 6.07) is 0. The maximum atomic E-state index is 11.8. The van der Waals surface area contributed by atoms with Crippen LogP contribution in [0.2, 0.25) is 0 Å². The topological polar surface area (TPSA) is 74.7 Å². The highest BCUT2D eigenvalue weighted by molar-refractivity contribution is 5.85. The van der Waals surface area contributed by atoms with Gasteiger partial charge < -0.3 is 10.0 Å². The monoisotopic (exact) mass is 455 g/mol. The van der Waals surface area contributed by atoms with Gasteiger partial charge in [0.2, 0.25) is 5.91 Å². The Morgan fingerprint density at radius 1 is 0.688 bits per heavy atom. The molecule has 1 atom stereocenters. The normalized spacial score (nSPS) is 11.4. The Labute approximate surface area is 198 Å². The van der Waals surface area contributed by atoms with Gasteiger partial charge in [0.05, 0.1) is 6.54 Å². The first kappa shape index (κ1) is 32.9. The summed E-state index contributed by atoms with van der Waals surface area (Å²) in [4.78, 5) is 35.5. The van der Waals surface area contributed by atoms with E-state index in [1.165, 1.54) is 71.1 Å². The summed E-state index contributed by atoms with van der Waals surface area (Å²) in [6.45, 7) is 8.05. The van der Waals surface area contributed by atoms with Crippen molar-refractivity contribution in [2.24, 2.45) is 0 Å². The molecule has 5 nitrogen and oxygen atoms in total. The predicted octanol–water partition coefficient (Wildman–Crippen LogP) is 6.64. The van der Waals surface area contributed by atoms with Crippen molar-refractivity contribution in [3.8, 4) is 0 Å². The van der Waals surface area contributed by atoms with E-state index in [1.54, 1.807) is 11.9 Å². The molecule has 0 bridgehead atoms. The summed E-state index contributed by atoms with van der Waals surface area (Å²) < 4.78 is 0. The van der Waals surface area contributed by atoms with Crippen LogP contribution in [0.1, 0.15) is 137 Å². The second-order valence-corrected chi connectivity index (χ2v) is 9.03. The van der Waals surface area contributed by atoms with Crippen LogP contribution in [0.4, 0.5) is 0 Å². The Kier molecular flexibility index (Phi) is 25.1. The highest BCUT2D eigenvalue weighted by Gasteiger charge is 2.11. The van der Waals surface area contributed by atoms with E-state index in [-0.39, 0.29) is 24.0 Å². The van der Waals surface area contributed by atoms with E-state index in [1.807, 2.05) is 6.92 Å². The highest BCUT2D eigenvalue weighted by atomic mass is 16.3. The Morgan fingerprint density at radius 3 is 1.50 bits per heavy atom. The van der Waals surface area contributed by atoms with Crippen molar-refractivity contribution in [3.05, 3.63) is 0 Å². The molecule has 0 aliphatic heterocycles. The molecule has 0 spiro atoms. The lowest BCUT2D eigenvalue weighted by atomic mass is 10.1.